The molecule has 0 aliphatic heterocycles. The minimum absolute atomic E-state index is 0.150. The number of aromatic carboxylic acids is 1. The van der Waals surface area contributed by atoms with E-state index in [4.69, 9.17) is 4.74 Å². The maximum absolute atomic E-state index is 11.3. The molecule has 6 heteroatoms. The van der Waals surface area contributed by atoms with Crippen LogP contribution in [0, 0.1) is 10.1 Å². The van der Waals surface area contributed by atoms with Gasteiger partial charge < -0.3 is 9.84 Å². The Labute approximate surface area is 120 Å². The van der Waals surface area contributed by atoms with Gasteiger partial charge in [-0.25, -0.2) is 4.79 Å². The Morgan fingerprint density at radius 2 is 1.95 bits per heavy atom. The summed E-state index contributed by atoms with van der Waals surface area (Å²) >= 11 is 0. The van der Waals surface area contributed by atoms with Crippen LogP contribution in [0.1, 0.15) is 21.5 Å². The fourth-order valence-electron chi connectivity index (χ4n) is 2.12. The van der Waals surface area contributed by atoms with E-state index in [9.17, 15) is 20.0 Å². The summed E-state index contributed by atoms with van der Waals surface area (Å²) in [5.41, 5.74) is 0.902. The fraction of sp³-hybridized carbons (Fsp3) is 0.133. The summed E-state index contributed by atoms with van der Waals surface area (Å²) in [6, 6.07) is 11.6. The van der Waals surface area contributed by atoms with E-state index in [0.717, 1.165) is 11.6 Å². The number of carbonyl (C=O) groups is 1. The number of nitrogens with zero attached hydrogens (tertiary/aromatic N) is 1. The SMILES string of the molecule is COc1c(Cc2ccccc2)cc([N+](=O)[O-])cc1C(=O)O. The Morgan fingerprint density at radius 3 is 2.48 bits per heavy atom. The number of methoxy groups -OCH3 is 1. The van der Waals surface area contributed by atoms with Crippen LogP contribution in [0.4, 0.5) is 5.69 Å². The molecule has 21 heavy (non-hydrogen) atoms. The van der Waals surface area contributed by atoms with Gasteiger partial charge in [0.1, 0.15) is 11.3 Å². The molecule has 0 aliphatic carbocycles. The zero-order chi connectivity index (χ0) is 15.4. The van der Waals surface area contributed by atoms with Gasteiger partial charge in [-0.2, -0.15) is 0 Å². The second-order valence-electron chi connectivity index (χ2n) is 4.41. The van der Waals surface area contributed by atoms with Crippen LogP contribution < -0.4 is 4.74 Å². The van der Waals surface area contributed by atoms with Crippen molar-refractivity contribution in [2.24, 2.45) is 0 Å². The molecule has 108 valence electrons. The molecule has 0 saturated heterocycles. The van der Waals surface area contributed by atoms with E-state index in [2.05, 4.69) is 0 Å². The van der Waals surface area contributed by atoms with E-state index < -0.39 is 10.9 Å². The summed E-state index contributed by atoms with van der Waals surface area (Å²) in [5.74, 6) is -1.11. The Morgan fingerprint density at radius 1 is 1.29 bits per heavy atom. The van der Waals surface area contributed by atoms with Gasteiger partial charge in [-0.3, -0.25) is 10.1 Å². The number of carboxylic acids is 1. The largest absolute Gasteiger partial charge is 0.496 e. The Bertz CT molecular complexity index is 682. The highest BCUT2D eigenvalue weighted by Crippen LogP contribution is 2.31. The van der Waals surface area contributed by atoms with Crippen LogP contribution in [0.5, 0.6) is 5.75 Å². The number of non-ortho nitro benzene ring substituents is 1. The van der Waals surface area contributed by atoms with Gasteiger partial charge in [0.25, 0.3) is 5.69 Å². The highest BCUT2D eigenvalue weighted by molar-refractivity contribution is 5.92. The lowest BCUT2D eigenvalue weighted by molar-refractivity contribution is -0.385. The van der Waals surface area contributed by atoms with E-state index in [-0.39, 0.29) is 17.0 Å². The number of nitro groups is 1. The minimum Gasteiger partial charge on any atom is -0.496 e. The van der Waals surface area contributed by atoms with Crippen molar-refractivity contribution in [3.05, 3.63) is 69.3 Å². The highest BCUT2D eigenvalue weighted by atomic mass is 16.6. The smallest absolute Gasteiger partial charge is 0.339 e. The first-order chi connectivity index (χ1) is 10.0. The molecule has 0 atom stereocenters. The van der Waals surface area contributed by atoms with Gasteiger partial charge in [-0.1, -0.05) is 30.3 Å². The van der Waals surface area contributed by atoms with E-state index >= 15 is 0 Å². The number of nitro benzene ring substituents is 1. The molecule has 0 heterocycles. The molecule has 1 N–H and O–H groups in total. The molecule has 2 aromatic carbocycles. The third-order valence-electron chi connectivity index (χ3n) is 3.03. The standard InChI is InChI=1S/C15H13NO5/c1-21-14-11(7-10-5-3-2-4-6-10)8-12(16(19)20)9-13(14)15(17)18/h2-6,8-9H,7H2,1H3,(H,17,18). The molecule has 6 nitrogen and oxygen atoms in total. The van der Waals surface area contributed by atoms with Crippen LogP contribution in [-0.2, 0) is 6.42 Å². The number of carboxylic acid groups (broad SMARTS) is 1. The zero-order valence-corrected chi connectivity index (χ0v) is 11.3. The summed E-state index contributed by atoms with van der Waals surface area (Å²) in [5, 5.41) is 20.1. The summed E-state index contributed by atoms with van der Waals surface area (Å²) in [4.78, 5) is 21.6. The number of hydrogen-bond donors (Lipinski definition) is 1. The maximum Gasteiger partial charge on any atom is 0.339 e. The molecule has 0 bridgehead atoms. The third kappa shape index (κ3) is 3.17. The van der Waals surface area contributed by atoms with Gasteiger partial charge in [0.15, 0.2) is 0 Å². The van der Waals surface area contributed by atoms with E-state index in [1.807, 2.05) is 30.3 Å². The molecule has 0 fully saturated rings. The van der Waals surface area contributed by atoms with Gasteiger partial charge >= 0.3 is 5.97 Å². The summed E-state index contributed by atoms with van der Waals surface area (Å²) in [7, 11) is 1.35. The normalized spacial score (nSPS) is 10.1. The second kappa shape index (κ2) is 6.04. The molecule has 0 saturated carbocycles. The predicted octanol–water partition coefficient (Wildman–Crippen LogP) is 2.89. The highest BCUT2D eigenvalue weighted by Gasteiger charge is 2.21. The first-order valence-corrected chi connectivity index (χ1v) is 6.15. The summed E-state index contributed by atoms with van der Waals surface area (Å²) in [6.45, 7) is 0. The first kappa shape index (κ1) is 14.5. The van der Waals surface area contributed by atoms with E-state index in [1.165, 1.54) is 13.2 Å². The van der Waals surface area contributed by atoms with Gasteiger partial charge in [-0.15, -0.1) is 0 Å². The Hall–Kier alpha value is -2.89. The molecule has 0 unspecified atom stereocenters. The van der Waals surface area contributed by atoms with Crippen LogP contribution in [0.3, 0.4) is 0 Å². The van der Waals surface area contributed by atoms with E-state index in [1.54, 1.807) is 0 Å². The van der Waals surface area contributed by atoms with Crippen molar-refractivity contribution < 1.29 is 19.6 Å². The molecule has 2 aromatic rings. The number of rotatable bonds is 5. The molecule has 0 spiro atoms. The quantitative estimate of drug-likeness (QED) is 0.674. The summed E-state index contributed by atoms with van der Waals surface area (Å²) < 4.78 is 5.14. The maximum atomic E-state index is 11.3. The van der Waals surface area contributed by atoms with Crippen molar-refractivity contribution in [3.8, 4) is 5.75 Å². The number of ether oxygens (including phenoxy) is 1. The molecule has 2 rings (SSSR count). The number of benzene rings is 2. The van der Waals surface area contributed by atoms with Crippen molar-refractivity contribution >= 4 is 11.7 Å². The second-order valence-corrected chi connectivity index (χ2v) is 4.41. The average molecular weight is 287 g/mol. The topological polar surface area (TPSA) is 89.7 Å². The molecular formula is C15H13NO5. The van der Waals surface area contributed by atoms with Crippen molar-refractivity contribution in [2.45, 2.75) is 6.42 Å². The minimum atomic E-state index is -1.26. The molecule has 0 amide bonds. The predicted molar refractivity (Wildman–Crippen MR) is 75.9 cm³/mol. The van der Waals surface area contributed by atoms with Crippen molar-refractivity contribution in [1.82, 2.24) is 0 Å². The number of hydrogen-bond acceptors (Lipinski definition) is 4. The summed E-state index contributed by atoms with van der Waals surface area (Å²) in [6.07, 6.45) is 0.353. The molecule has 0 aromatic heterocycles. The molecule has 0 aliphatic rings. The van der Waals surface area contributed by atoms with Crippen LogP contribution in [0.15, 0.2) is 42.5 Å². The fourth-order valence-corrected chi connectivity index (χ4v) is 2.12. The van der Waals surface area contributed by atoms with Crippen molar-refractivity contribution in [3.63, 3.8) is 0 Å². The van der Waals surface area contributed by atoms with Gasteiger partial charge in [0.05, 0.1) is 12.0 Å². The first-order valence-electron chi connectivity index (χ1n) is 6.15. The van der Waals surface area contributed by atoms with Crippen molar-refractivity contribution in [2.75, 3.05) is 7.11 Å². The van der Waals surface area contributed by atoms with Crippen LogP contribution in [0.25, 0.3) is 0 Å². The lowest BCUT2D eigenvalue weighted by Crippen LogP contribution is -2.06. The molecule has 0 radical (unpaired) electrons. The molecular weight excluding hydrogens is 274 g/mol. The van der Waals surface area contributed by atoms with Gasteiger partial charge in [-0.05, 0) is 5.56 Å². The van der Waals surface area contributed by atoms with Crippen LogP contribution in [-0.4, -0.2) is 23.1 Å². The third-order valence-corrected chi connectivity index (χ3v) is 3.03. The Balaban J connectivity index is 2.56. The average Bonchev–Trinajstić information content (AvgIpc) is 2.47. The van der Waals surface area contributed by atoms with Crippen molar-refractivity contribution in [1.29, 1.82) is 0 Å². The monoisotopic (exact) mass is 287 g/mol. The lowest BCUT2D eigenvalue weighted by atomic mass is 10.00. The van der Waals surface area contributed by atoms with Crippen LogP contribution in [0.2, 0.25) is 0 Å². The van der Waals surface area contributed by atoms with E-state index in [0.29, 0.717) is 12.0 Å². The zero-order valence-electron chi connectivity index (χ0n) is 11.3. The van der Waals surface area contributed by atoms with Gasteiger partial charge in [0, 0.05) is 24.1 Å². The van der Waals surface area contributed by atoms with Crippen LogP contribution >= 0.6 is 0 Å². The Kier molecular flexibility index (Phi) is 4.18. The van der Waals surface area contributed by atoms with Gasteiger partial charge in [0.2, 0.25) is 0 Å². The lowest BCUT2D eigenvalue weighted by Gasteiger charge is -2.11.